The molecule has 2 nitrogen and oxygen atoms in total. The highest BCUT2D eigenvalue weighted by atomic mass is 14.9. The van der Waals surface area contributed by atoms with Gasteiger partial charge in [0.25, 0.3) is 0 Å². The van der Waals surface area contributed by atoms with Crippen LogP contribution in [0, 0.1) is 0 Å². The minimum absolute atomic E-state index is 0.0990. The molecule has 0 spiro atoms. The Morgan fingerprint density at radius 3 is 1.11 bits per heavy atom. The van der Waals surface area contributed by atoms with Crippen LogP contribution in [0.5, 0.6) is 0 Å². The van der Waals surface area contributed by atoms with E-state index < -0.39 is 0 Å². The number of nitrogens with one attached hydrogen (secondary N) is 2. The van der Waals surface area contributed by atoms with Gasteiger partial charge in [-0.25, -0.2) is 0 Å². The van der Waals surface area contributed by atoms with Gasteiger partial charge in [-0.05, 0) is 58.4 Å². The summed E-state index contributed by atoms with van der Waals surface area (Å²) in [4.78, 5) is 0. The molecule has 0 bridgehead atoms. The fraction of sp³-hybridized carbons (Fsp3) is 0.308. The van der Waals surface area contributed by atoms with Crippen molar-refractivity contribution in [3.63, 3.8) is 0 Å². The summed E-state index contributed by atoms with van der Waals surface area (Å²) in [6.45, 7) is 13.5. The van der Waals surface area contributed by atoms with Crippen LogP contribution in [0.15, 0.2) is 72.8 Å². The van der Waals surface area contributed by atoms with Gasteiger partial charge in [0.1, 0.15) is 0 Å². The lowest BCUT2D eigenvalue weighted by Gasteiger charge is -2.24. The third-order valence-electron chi connectivity index (χ3n) is 4.91. The van der Waals surface area contributed by atoms with Crippen molar-refractivity contribution < 1.29 is 0 Å². The molecule has 0 saturated carbocycles. The van der Waals surface area contributed by atoms with Gasteiger partial charge in [0, 0.05) is 22.7 Å². The maximum atomic E-state index is 3.58. The summed E-state index contributed by atoms with van der Waals surface area (Å²) < 4.78 is 0. The molecular weight excluding hydrogens is 340 g/mol. The minimum atomic E-state index is 0.0990. The standard InChI is InChI=1S/C26H32N2/c1-25(2,3)21-11-7-9-13-23(21)27-19-15-17-20(18-16-19)28-24-14-10-8-12-22(24)26(4,5)6/h7-18,27-28H,1-6H3. The summed E-state index contributed by atoms with van der Waals surface area (Å²) in [5.74, 6) is 0. The molecule has 146 valence electrons. The molecule has 3 aromatic rings. The first-order chi connectivity index (χ1) is 13.1. The smallest absolute Gasteiger partial charge is 0.0422 e. The predicted molar refractivity (Wildman–Crippen MR) is 123 cm³/mol. The van der Waals surface area contributed by atoms with Crippen molar-refractivity contribution in [2.75, 3.05) is 10.6 Å². The van der Waals surface area contributed by atoms with E-state index in [1.54, 1.807) is 0 Å². The Bertz CT molecular complexity index is 847. The highest BCUT2D eigenvalue weighted by Crippen LogP contribution is 2.33. The van der Waals surface area contributed by atoms with Gasteiger partial charge >= 0.3 is 0 Å². The average molecular weight is 373 g/mol. The quantitative estimate of drug-likeness (QED) is 0.489. The van der Waals surface area contributed by atoms with Gasteiger partial charge in [0.15, 0.2) is 0 Å². The van der Waals surface area contributed by atoms with E-state index in [1.807, 2.05) is 0 Å². The van der Waals surface area contributed by atoms with Gasteiger partial charge in [-0.1, -0.05) is 77.9 Å². The third kappa shape index (κ3) is 4.75. The van der Waals surface area contributed by atoms with Crippen LogP contribution in [0.1, 0.15) is 52.7 Å². The van der Waals surface area contributed by atoms with E-state index in [4.69, 9.17) is 0 Å². The van der Waals surface area contributed by atoms with Crippen LogP contribution in [0.2, 0.25) is 0 Å². The van der Waals surface area contributed by atoms with Crippen LogP contribution in [0.4, 0.5) is 22.7 Å². The van der Waals surface area contributed by atoms with Crippen molar-refractivity contribution in [1.29, 1.82) is 0 Å². The van der Waals surface area contributed by atoms with Crippen LogP contribution in [-0.4, -0.2) is 0 Å². The number of para-hydroxylation sites is 2. The number of anilines is 4. The minimum Gasteiger partial charge on any atom is -0.355 e. The zero-order chi connectivity index (χ0) is 20.4. The monoisotopic (exact) mass is 372 g/mol. The number of rotatable bonds is 4. The summed E-state index contributed by atoms with van der Waals surface area (Å²) >= 11 is 0. The molecule has 2 heteroatoms. The van der Waals surface area contributed by atoms with E-state index in [1.165, 1.54) is 11.1 Å². The van der Waals surface area contributed by atoms with Crippen LogP contribution in [0.3, 0.4) is 0 Å². The molecule has 0 heterocycles. The summed E-state index contributed by atoms with van der Waals surface area (Å²) in [6, 6.07) is 25.6. The first kappa shape index (κ1) is 20.0. The second kappa shape index (κ2) is 7.71. The molecule has 28 heavy (non-hydrogen) atoms. The molecule has 0 radical (unpaired) electrons. The lowest BCUT2D eigenvalue weighted by Crippen LogP contribution is -2.13. The Hall–Kier alpha value is -2.74. The van der Waals surface area contributed by atoms with E-state index in [2.05, 4.69) is 125 Å². The number of hydrogen-bond acceptors (Lipinski definition) is 2. The van der Waals surface area contributed by atoms with Gasteiger partial charge in [-0.15, -0.1) is 0 Å². The van der Waals surface area contributed by atoms with E-state index in [0.29, 0.717) is 0 Å². The van der Waals surface area contributed by atoms with Gasteiger partial charge < -0.3 is 10.6 Å². The Kier molecular flexibility index (Phi) is 5.51. The fourth-order valence-corrected chi connectivity index (χ4v) is 3.44. The molecule has 0 atom stereocenters. The highest BCUT2D eigenvalue weighted by molar-refractivity contribution is 5.69. The molecule has 0 amide bonds. The molecule has 3 aromatic carbocycles. The molecule has 0 saturated heterocycles. The first-order valence-corrected chi connectivity index (χ1v) is 9.98. The fourth-order valence-electron chi connectivity index (χ4n) is 3.44. The van der Waals surface area contributed by atoms with E-state index in [-0.39, 0.29) is 10.8 Å². The molecule has 0 unspecified atom stereocenters. The molecule has 0 aromatic heterocycles. The zero-order valence-electron chi connectivity index (χ0n) is 17.9. The summed E-state index contributed by atoms with van der Waals surface area (Å²) in [7, 11) is 0. The summed E-state index contributed by atoms with van der Waals surface area (Å²) in [5, 5.41) is 7.16. The maximum Gasteiger partial charge on any atom is 0.0422 e. The lowest BCUT2D eigenvalue weighted by molar-refractivity contribution is 0.592. The van der Waals surface area contributed by atoms with E-state index >= 15 is 0 Å². The maximum absolute atomic E-state index is 3.58. The Morgan fingerprint density at radius 1 is 0.464 bits per heavy atom. The topological polar surface area (TPSA) is 24.1 Å². The van der Waals surface area contributed by atoms with Gasteiger partial charge in [0.2, 0.25) is 0 Å². The largest absolute Gasteiger partial charge is 0.355 e. The second-order valence-electron chi connectivity index (χ2n) is 9.42. The Labute approximate surface area is 170 Å². The van der Waals surface area contributed by atoms with Crippen molar-refractivity contribution in [1.82, 2.24) is 0 Å². The molecule has 0 aliphatic carbocycles. The normalized spacial score (nSPS) is 11.9. The van der Waals surface area contributed by atoms with Crippen molar-refractivity contribution in [2.45, 2.75) is 52.4 Å². The van der Waals surface area contributed by atoms with Gasteiger partial charge in [-0.2, -0.15) is 0 Å². The van der Waals surface area contributed by atoms with Crippen LogP contribution in [-0.2, 0) is 10.8 Å². The van der Waals surface area contributed by atoms with Crippen molar-refractivity contribution in [3.05, 3.63) is 83.9 Å². The van der Waals surface area contributed by atoms with Crippen molar-refractivity contribution >= 4 is 22.7 Å². The van der Waals surface area contributed by atoms with Crippen LogP contribution < -0.4 is 10.6 Å². The summed E-state index contributed by atoms with van der Waals surface area (Å²) in [5.41, 5.74) is 7.33. The lowest BCUT2D eigenvalue weighted by atomic mass is 9.85. The SMILES string of the molecule is CC(C)(C)c1ccccc1Nc1ccc(Nc2ccccc2C(C)(C)C)cc1. The molecule has 2 N–H and O–H groups in total. The van der Waals surface area contributed by atoms with Crippen LogP contribution >= 0.6 is 0 Å². The Morgan fingerprint density at radius 2 is 0.786 bits per heavy atom. The van der Waals surface area contributed by atoms with Gasteiger partial charge in [-0.3, -0.25) is 0 Å². The predicted octanol–water partition coefficient (Wildman–Crippen LogP) is 7.77. The molecule has 0 aliphatic heterocycles. The van der Waals surface area contributed by atoms with E-state index in [0.717, 1.165) is 22.7 Å². The van der Waals surface area contributed by atoms with E-state index in [9.17, 15) is 0 Å². The number of benzene rings is 3. The Balaban J connectivity index is 1.79. The third-order valence-corrected chi connectivity index (χ3v) is 4.91. The zero-order valence-corrected chi connectivity index (χ0v) is 17.9. The molecule has 3 rings (SSSR count). The first-order valence-electron chi connectivity index (χ1n) is 9.98. The molecule has 0 aliphatic rings. The second-order valence-corrected chi connectivity index (χ2v) is 9.42. The van der Waals surface area contributed by atoms with Gasteiger partial charge in [0.05, 0.1) is 0 Å². The van der Waals surface area contributed by atoms with Crippen molar-refractivity contribution in [2.24, 2.45) is 0 Å². The highest BCUT2D eigenvalue weighted by Gasteiger charge is 2.18. The number of hydrogen-bond donors (Lipinski definition) is 2. The average Bonchev–Trinajstić information content (AvgIpc) is 2.62. The van der Waals surface area contributed by atoms with Crippen LogP contribution in [0.25, 0.3) is 0 Å². The summed E-state index contributed by atoms with van der Waals surface area (Å²) in [6.07, 6.45) is 0. The molecule has 0 fully saturated rings. The molecular formula is C26H32N2. The van der Waals surface area contributed by atoms with Crippen molar-refractivity contribution in [3.8, 4) is 0 Å².